The highest BCUT2D eigenvalue weighted by Crippen LogP contribution is 2.13. The summed E-state index contributed by atoms with van der Waals surface area (Å²) >= 11 is 0. The van der Waals surface area contributed by atoms with Gasteiger partial charge in [-0.1, -0.05) is 20.8 Å². The Bertz CT molecular complexity index is 296. The summed E-state index contributed by atoms with van der Waals surface area (Å²) in [6.07, 6.45) is -4.12. The van der Waals surface area contributed by atoms with Crippen LogP contribution in [0.25, 0.3) is 0 Å². The number of carbonyl (C=O) groups is 2. The lowest BCUT2D eigenvalue weighted by molar-refractivity contribution is -0.138. The highest BCUT2D eigenvalue weighted by molar-refractivity contribution is 5.81. The molecule has 0 unspecified atom stereocenters. The predicted molar refractivity (Wildman–Crippen MR) is 60.8 cm³/mol. The molecule has 4 nitrogen and oxygen atoms in total. The van der Waals surface area contributed by atoms with Gasteiger partial charge in [-0.15, -0.1) is 0 Å². The van der Waals surface area contributed by atoms with Gasteiger partial charge in [-0.25, -0.2) is 0 Å². The standard InChI is InChI=1S/C11H19F3N2O2/c1-10(2,3)9(18)15-6-4-5-8(17)16-7-11(12,13)14/h4-7H2,1-3H3,(H,15,18)(H,16,17). The Morgan fingerprint density at radius 3 is 2.06 bits per heavy atom. The van der Waals surface area contributed by atoms with Crippen LogP contribution in [0.3, 0.4) is 0 Å². The zero-order valence-corrected chi connectivity index (χ0v) is 10.8. The van der Waals surface area contributed by atoms with Gasteiger partial charge in [0.1, 0.15) is 6.54 Å². The normalized spacial score (nSPS) is 12.1. The third-order valence-corrected chi connectivity index (χ3v) is 2.03. The van der Waals surface area contributed by atoms with Gasteiger partial charge in [0.15, 0.2) is 0 Å². The molecule has 0 heterocycles. The van der Waals surface area contributed by atoms with Crippen molar-refractivity contribution in [3.63, 3.8) is 0 Å². The van der Waals surface area contributed by atoms with Crippen LogP contribution in [-0.2, 0) is 9.59 Å². The minimum Gasteiger partial charge on any atom is -0.356 e. The third kappa shape index (κ3) is 8.83. The summed E-state index contributed by atoms with van der Waals surface area (Å²) in [4.78, 5) is 22.4. The summed E-state index contributed by atoms with van der Waals surface area (Å²) in [7, 11) is 0. The molecule has 0 bridgehead atoms. The summed E-state index contributed by atoms with van der Waals surface area (Å²) in [5.41, 5.74) is -0.515. The molecule has 0 aromatic carbocycles. The number of hydrogen-bond acceptors (Lipinski definition) is 2. The van der Waals surface area contributed by atoms with E-state index in [0.29, 0.717) is 6.42 Å². The average Bonchev–Trinajstić information content (AvgIpc) is 2.18. The Morgan fingerprint density at radius 2 is 1.61 bits per heavy atom. The van der Waals surface area contributed by atoms with E-state index in [0.717, 1.165) is 0 Å². The summed E-state index contributed by atoms with van der Waals surface area (Å²) in [6, 6.07) is 0. The fourth-order valence-corrected chi connectivity index (χ4v) is 1.00. The molecule has 0 radical (unpaired) electrons. The lowest BCUT2D eigenvalue weighted by Gasteiger charge is -2.17. The largest absolute Gasteiger partial charge is 0.405 e. The highest BCUT2D eigenvalue weighted by Gasteiger charge is 2.27. The van der Waals surface area contributed by atoms with E-state index < -0.39 is 24.0 Å². The van der Waals surface area contributed by atoms with Crippen LogP contribution < -0.4 is 10.6 Å². The molecule has 2 N–H and O–H groups in total. The molecule has 0 saturated heterocycles. The van der Waals surface area contributed by atoms with Gasteiger partial charge in [0.05, 0.1) is 0 Å². The molecule has 0 aliphatic heterocycles. The maximum absolute atomic E-state index is 11.8. The second kappa shape index (κ2) is 6.61. The van der Waals surface area contributed by atoms with Crippen molar-refractivity contribution in [2.45, 2.75) is 39.8 Å². The van der Waals surface area contributed by atoms with Crippen molar-refractivity contribution in [2.24, 2.45) is 5.41 Å². The van der Waals surface area contributed by atoms with E-state index in [9.17, 15) is 22.8 Å². The number of amides is 2. The van der Waals surface area contributed by atoms with Crippen molar-refractivity contribution >= 4 is 11.8 Å². The fraction of sp³-hybridized carbons (Fsp3) is 0.818. The summed E-state index contributed by atoms with van der Waals surface area (Å²) in [5, 5.41) is 4.37. The molecule has 0 aromatic heterocycles. The topological polar surface area (TPSA) is 58.2 Å². The molecule has 0 fully saturated rings. The predicted octanol–water partition coefficient (Wildman–Crippen LogP) is 1.61. The molecule has 18 heavy (non-hydrogen) atoms. The van der Waals surface area contributed by atoms with Crippen LogP contribution in [0.2, 0.25) is 0 Å². The Balaban J connectivity index is 3.68. The van der Waals surface area contributed by atoms with Gasteiger partial charge >= 0.3 is 6.18 Å². The molecule has 2 amide bonds. The smallest absolute Gasteiger partial charge is 0.356 e. The van der Waals surface area contributed by atoms with E-state index in [1.165, 1.54) is 0 Å². The molecular formula is C11H19F3N2O2. The number of hydrogen-bond donors (Lipinski definition) is 2. The van der Waals surface area contributed by atoms with Crippen LogP contribution in [-0.4, -0.2) is 31.1 Å². The molecule has 0 spiro atoms. The minimum absolute atomic E-state index is 0.0412. The molecule has 0 atom stereocenters. The monoisotopic (exact) mass is 268 g/mol. The van der Waals surface area contributed by atoms with Gasteiger partial charge in [0.25, 0.3) is 0 Å². The van der Waals surface area contributed by atoms with Crippen LogP contribution in [0.15, 0.2) is 0 Å². The minimum atomic E-state index is -4.39. The maximum Gasteiger partial charge on any atom is 0.405 e. The van der Waals surface area contributed by atoms with Crippen molar-refractivity contribution in [1.29, 1.82) is 0 Å². The second-order valence-electron chi connectivity index (χ2n) is 5.00. The summed E-state index contributed by atoms with van der Waals surface area (Å²) in [6.45, 7) is 4.20. The van der Waals surface area contributed by atoms with Crippen molar-refractivity contribution in [2.75, 3.05) is 13.1 Å². The Labute approximate surface area is 104 Å². The molecule has 0 saturated carbocycles. The average molecular weight is 268 g/mol. The van der Waals surface area contributed by atoms with Crippen LogP contribution >= 0.6 is 0 Å². The van der Waals surface area contributed by atoms with Crippen LogP contribution in [0.1, 0.15) is 33.6 Å². The van der Waals surface area contributed by atoms with Gasteiger partial charge < -0.3 is 10.6 Å². The van der Waals surface area contributed by atoms with Crippen molar-refractivity contribution in [1.82, 2.24) is 10.6 Å². The van der Waals surface area contributed by atoms with Crippen molar-refractivity contribution in [3.05, 3.63) is 0 Å². The molecule has 7 heteroatoms. The number of alkyl halides is 3. The van der Waals surface area contributed by atoms with Gasteiger partial charge in [0.2, 0.25) is 11.8 Å². The SMILES string of the molecule is CC(C)(C)C(=O)NCCCC(=O)NCC(F)(F)F. The number of carbonyl (C=O) groups excluding carboxylic acids is 2. The molecule has 0 aliphatic rings. The lowest BCUT2D eigenvalue weighted by Crippen LogP contribution is -2.36. The maximum atomic E-state index is 11.8. The van der Waals surface area contributed by atoms with E-state index in [4.69, 9.17) is 0 Å². The van der Waals surface area contributed by atoms with Crippen molar-refractivity contribution < 1.29 is 22.8 Å². The third-order valence-electron chi connectivity index (χ3n) is 2.03. The van der Waals surface area contributed by atoms with Gasteiger partial charge in [-0.2, -0.15) is 13.2 Å². The van der Waals surface area contributed by atoms with E-state index >= 15 is 0 Å². The van der Waals surface area contributed by atoms with Gasteiger partial charge in [-0.05, 0) is 6.42 Å². The van der Waals surface area contributed by atoms with Crippen molar-refractivity contribution in [3.8, 4) is 0 Å². The number of rotatable bonds is 5. The lowest BCUT2D eigenvalue weighted by atomic mass is 9.96. The first-order valence-corrected chi connectivity index (χ1v) is 5.64. The van der Waals surface area contributed by atoms with Gasteiger partial charge in [0, 0.05) is 18.4 Å². The zero-order chi connectivity index (χ0) is 14.4. The fourth-order valence-electron chi connectivity index (χ4n) is 1.00. The van der Waals surface area contributed by atoms with E-state index in [1.54, 1.807) is 26.1 Å². The summed E-state index contributed by atoms with van der Waals surface area (Å²) < 4.78 is 35.3. The Hall–Kier alpha value is -1.27. The first-order valence-electron chi connectivity index (χ1n) is 5.64. The van der Waals surface area contributed by atoms with Crippen LogP contribution in [0.5, 0.6) is 0 Å². The first-order chi connectivity index (χ1) is 8.02. The van der Waals surface area contributed by atoms with Crippen LogP contribution in [0.4, 0.5) is 13.2 Å². The highest BCUT2D eigenvalue weighted by atomic mass is 19.4. The molecule has 106 valence electrons. The number of nitrogens with one attached hydrogen (secondary N) is 2. The molecule has 0 aromatic rings. The van der Waals surface area contributed by atoms with Gasteiger partial charge in [-0.3, -0.25) is 9.59 Å². The van der Waals surface area contributed by atoms with E-state index in [-0.39, 0.29) is 18.9 Å². The Kier molecular flexibility index (Phi) is 6.14. The number of halogens is 3. The van der Waals surface area contributed by atoms with E-state index in [2.05, 4.69) is 5.32 Å². The Morgan fingerprint density at radius 1 is 1.06 bits per heavy atom. The quantitative estimate of drug-likeness (QED) is 0.744. The molecule has 0 aliphatic carbocycles. The zero-order valence-electron chi connectivity index (χ0n) is 10.8. The van der Waals surface area contributed by atoms with E-state index in [1.807, 2.05) is 0 Å². The first kappa shape index (κ1) is 16.7. The summed E-state index contributed by atoms with van der Waals surface area (Å²) in [5.74, 6) is -0.824. The van der Waals surface area contributed by atoms with Crippen LogP contribution in [0, 0.1) is 5.41 Å². The molecule has 0 rings (SSSR count). The second-order valence-corrected chi connectivity index (χ2v) is 5.00. The molecular weight excluding hydrogens is 249 g/mol.